The predicted octanol–water partition coefficient (Wildman–Crippen LogP) is 2.44. The maximum Gasteiger partial charge on any atom is 0.194 e. The fourth-order valence-corrected chi connectivity index (χ4v) is 3.13. The highest BCUT2D eigenvalue weighted by Gasteiger charge is 2.24. The molecule has 0 bridgehead atoms. The highest BCUT2D eigenvalue weighted by Crippen LogP contribution is 2.23. The summed E-state index contributed by atoms with van der Waals surface area (Å²) in [6.07, 6.45) is 1.15. The predicted molar refractivity (Wildman–Crippen MR) is 94.0 cm³/mol. The van der Waals surface area contributed by atoms with Crippen LogP contribution in [0.2, 0.25) is 0 Å². The van der Waals surface area contributed by atoms with Crippen molar-refractivity contribution in [3.8, 4) is 5.75 Å². The van der Waals surface area contributed by atoms with Crippen molar-refractivity contribution < 1.29 is 9.84 Å². The first-order chi connectivity index (χ1) is 11.0. The molecule has 0 aromatic heterocycles. The number of phenols is 1. The van der Waals surface area contributed by atoms with Gasteiger partial charge >= 0.3 is 0 Å². The number of rotatable bonds is 5. The maximum atomic E-state index is 9.88. The summed E-state index contributed by atoms with van der Waals surface area (Å²) >= 11 is 0. The van der Waals surface area contributed by atoms with Gasteiger partial charge in [-0.15, -0.1) is 0 Å². The SMILES string of the molecule is CCNC(=NCc1cc(C)c(O)c(C)c1)N1CCC(COC)C1. The van der Waals surface area contributed by atoms with Crippen LogP contribution >= 0.6 is 0 Å². The summed E-state index contributed by atoms with van der Waals surface area (Å²) in [7, 11) is 1.76. The average molecular weight is 319 g/mol. The Hall–Kier alpha value is -1.75. The van der Waals surface area contributed by atoms with E-state index in [1.807, 2.05) is 26.0 Å². The summed E-state index contributed by atoms with van der Waals surface area (Å²) in [5.41, 5.74) is 2.93. The number of aryl methyl sites for hydroxylation is 2. The lowest BCUT2D eigenvalue weighted by molar-refractivity contribution is 0.157. The molecule has 0 aliphatic carbocycles. The van der Waals surface area contributed by atoms with Gasteiger partial charge in [0, 0.05) is 32.7 Å². The number of phenolic OH excluding ortho intramolecular Hbond substituents is 1. The van der Waals surface area contributed by atoms with Crippen LogP contribution in [-0.4, -0.2) is 49.3 Å². The molecule has 5 nitrogen and oxygen atoms in total. The zero-order valence-electron chi connectivity index (χ0n) is 14.7. The molecule has 0 spiro atoms. The average Bonchev–Trinajstić information content (AvgIpc) is 2.97. The summed E-state index contributed by atoms with van der Waals surface area (Å²) < 4.78 is 5.27. The van der Waals surface area contributed by atoms with Crippen molar-refractivity contribution in [3.05, 3.63) is 28.8 Å². The first-order valence-electron chi connectivity index (χ1n) is 8.36. The lowest BCUT2D eigenvalue weighted by atomic mass is 10.1. The molecule has 5 heteroatoms. The van der Waals surface area contributed by atoms with E-state index in [0.29, 0.717) is 18.2 Å². The lowest BCUT2D eigenvalue weighted by Crippen LogP contribution is -2.40. The number of nitrogens with zero attached hydrogens (tertiary/aromatic N) is 2. The van der Waals surface area contributed by atoms with Gasteiger partial charge in [-0.2, -0.15) is 0 Å². The quantitative estimate of drug-likeness (QED) is 0.646. The van der Waals surface area contributed by atoms with Crippen molar-refractivity contribution >= 4 is 5.96 Å². The third-order valence-corrected chi connectivity index (χ3v) is 4.28. The van der Waals surface area contributed by atoms with E-state index < -0.39 is 0 Å². The van der Waals surface area contributed by atoms with Gasteiger partial charge in [0.25, 0.3) is 0 Å². The minimum absolute atomic E-state index is 0.381. The standard InChI is InChI=1S/C18H29N3O2/c1-5-19-18(21-7-6-15(11-21)12-23-4)20-10-16-8-13(2)17(22)14(3)9-16/h8-9,15,22H,5-7,10-12H2,1-4H3,(H,19,20). The molecule has 0 amide bonds. The fraction of sp³-hybridized carbons (Fsp3) is 0.611. The summed E-state index contributed by atoms with van der Waals surface area (Å²) in [5.74, 6) is 1.93. The fourth-order valence-electron chi connectivity index (χ4n) is 3.13. The maximum absolute atomic E-state index is 9.88. The number of aromatic hydroxyl groups is 1. The number of guanidine groups is 1. The molecule has 1 heterocycles. The third-order valence-electron chi connectivity index (χ3n) is 4.28. The molecule has 1 aromatic rings. The molecule has 23 heavy (non-hydrogen) atoms. The number of methoxy groups -OCH3 is 1. The van der Waals surface area contributed by atoms with Gasteiger partial charge in [0.15, 0.2) is 5.96 Å². The zero-order chi connectivity index (χ0) is 16.8. The highest BCUT2D eigenvalue weighted by atomic mass is 16.5. The first kappa shape index (κ1) is 17.6. The molecule has 2 N–H and O–H groups in total. The van der Waals surface area contributed by atoms with Gasteiger partial charge in [0.2, 0.25) is 0 Å². The van der Waals surface area contributed by atoms with E-state index in [0.717, 1.165) is 55.3 Å². The van der Waals surface area contributed by atoms with Gasteiger partial charge in [-0.1, -0.05) is 12.1 Å². The van der Waals surface area contributed by atoms with E-state index in [4.69, 9.17) is 9.73 Å². The minimum Gasteiger partial charge on any atom is -0.507 e. The molecular formula is C18H29N3O2. The minimum atomic E-state index is 0.381. The molecule has 128 valence electrons. The van der Waals surface area contributed by atoms with Gasteiger partial charge in [-0.25, -0.2) is 4.99 Å². The summed E-state index contributed by atoms with van der Waals surface area (Å²) in [5, 5.41) is 13.3. The van der Waals surface area contributed by atoms with Gasteiger partial charge in [-0.3, -0.25) is 0 Å². The van der Waals surface area contributed by atoms with E-state index >= 15 is 0 Å². The Morgan fingerprint density at radius 1 is 1.39 bits per heavy atom. The van der Waals surface area contributed by atoms with Crippen LogP contribution in [0.3, 0.4) is 0 Å². The van der Waals surface area contributed by atoms with Gasteiger partial charge < -0.3 is 20.1 Å². The van der Waals surface area contributed by atoms with E-state index in [2.05, 4.69) is 17.1 Å². The van der Waals surface area contributed by atoms with Crippen molar-refractivity contribution in [1.29, 1.82) is 0 Å². The van der Waals surface area contributed by atoms with E-state index in [1.54, 1.807) is 7.11 Å². The molecule has 1 aromatic carbocycles. The smallest absolute Gasteiger partial charge is 0.194 e. The Balaban J connectivity index is 2.07. The third kappa shape index (κ3) is 4.61. The summed E-state index contributed by atoms with van der Waals surface area (Å²) in [6, 6.07) is 4.01. The van der Waals surface area contributed by atoms with Gasteiger partial charge in [0.05, 0.1) is 13.2 Å². The summed E-state index contributed by atoms with van der Waals surface area (Å²) in [4.78, 5) is 7.09. The van der Waals surface area contributed by atoms with E-state index in [9.17, 15) is 5.11 Å². The molecule has 1 unspecified atom stereocenters. The molecule has 1 aliphatic heterocycles. The number of ether oxygens (including phenoxy) is 1. The van der Waals surface area contributed by atoms with Crippen LogP contribution < -0.4 is 5.32 Å². The van der Waals surface area contributed by atoms with Crippen LogP contribution in [0.5, 0.6) is 5.75 Å². The van der Waals surface area contributed by atoms with Crippen LogP contribution in [0.15, 0.2) is 17.1 Å². The van der Waals surface area contributed by atoms with E-state index in [-0.39, 0.29) is 0 Å². The topological polar surface area (TPSA) is 57.1 Å². The first-order valence-corrected chi connectivity index (χ1v) is 8.36. The Morgan fingerprint density at radius 3 is 2.70 bits per heavy atom. The highest BCUT2D eigenvalue weighted by molar-refractivity contribution is 5.80. The molecule has 2 rings (SSSR count). The molecular weight excluding hydrogens is 290 g/mol. The Morgan fingerprint density at radius 2 is 2.09 bits per heavy atom. The van der Waals surface area contributed by atoms with Crippen molar-refractivity contribution in [1.82, 2.24) is 10.2 Å². The van der Waals surface area contributed by atoms with Crippen molar-refractivity contribution in [3.63, 3.8) is 0 Å². The van der Waals surface area contributed by atoms with Crippen molar-refractivity contribution in [2.75, 3.05) is 33.4 Å². The lowest BCUT2D eigenvalue weighted by Gasteiger charge is -2.21. The number of benzene rings is 1. The van der Waals surface area contributed by atoms with Crippen LogP contribution in [0.1, 0.15) is 30.0 Å². The molecule has 1 fully saturated rings. The molecule has 1 saturated heterocycles. The van der Waals surface area contributed by atoms with Crippen LogP contribution in [-0.2, 0) is 11.3 Å². The Kier molecular flexibility index (Phi) is 6.28. The van der Waals surface area contributed by atoms with E-state index in [1.165, 1.54) is 0 Å². The van der Waals surface area contributed by atoms with Crippen LogP contribution in [0.4, 0.5) is 0 Å². The largest absolute Gasteiger partial charge is 0.507 e. The number of likely N-dealkylation sites (tertiary alicyclic amines) is 1. The summed E-state index contributed by atoms with van der Waals surface area (Å²) in [6.45, 7) is 10.3. The second kappa shape index (κ2) is 8.20. The number of hydrogen-bond donors (Lipinski definition) is 2. The second-order valence-corrected chi connectivity index (χ2v) is 6.30. The number of aliphatic imine (C=N–C) groups is 1. The number of nitrogens with one attached hydrogen (secondary N) is 1. The monoisotopic (exact) mass is 319 g/mol. The second-order valence-electron chi connectivity index (χ2n) is 6.30. The molecule has 0 radical (unpaired) electrons. The Bertz CT molecular complexity index is 534. The van der Waals surface area contributed by atoms with Gasteiger partial charge in [-0.05, 0) is 43.9 Å². The normalized spacial score (nSPS) is 18.5. The van der Waals surface area contributed by atoms with Crippen molar-refractivity contribution in [2.24, 2.45) is 10.9 Å². The molecule has 1 aliphatic rings. The Labute approximate surface area is 139 Å². The zero-order valence-corrected chi connectivity index (χ0v) is 14.7. The molecule has 1 atom stereocenters. The van der Waals surface area contributed by atoms with Crippen molar-refractivity contribution in [2.45, 2.75) is 33.7 Å². The van der Waals surface area contributed by atoms with Crippen LogP contribution in [0.25, 0.3) is 0 Å². The molecule has 0 saturated carbocycles. The van der Waals surface area contributed by atoms with Crippen LogP contribution in [0, 0.1) is 19.8 Å². The number of hydrogen-bond acceptors (Lipinski definition) is 3. The van der Waals surface area contributed by atoms with Gasteiger partial charge in [0.1, 0.15) is 5.75 Å².